The van der Waals surface area contributed by atoms with Crippen molar-refractivity contribution in [3.63, 3.8) is 0 Å². The second-order valence-electron chi connectivity index (χ2n) is 4.02. The molecule has 3 heteroatoms. The summed E-state index contributed by atoms with van der Waals surface area (Å²) in [6.45, 7) is 6.00. The van der Waals surface area contributed by atoms with E-state index in [4.69, 9.17) is 16.0 Å². The standard InChI is InChI=1S/C14H16O.C2H6.CH5N.CH2O/c1-2-12-8-6-7-11-14(12)15-13-9-4-3-5-10-13;3*1-2/h1,6-8,11,13H,3-5,9-10H2;1-2H3;2H2,1H3;1H2. The van der Waals surface area contributed by atoms with Gasteiger partial charge in [-0.3, -0.25) is 0 Å². The fraction of sp³-hybridized carbons (Fsp3) is 0.500. The summed E-state index contributed by atoms with van der Waals surface area (Å²) in [5, 5.41) is 0. The lowest BCUT2D eigenvalue weighted by Crippen LogP contribution is -2.19. The van der Waals surface area contributed by atoms with Gasteiger partial charge in [-0.1, -0.05) is 38.3 Å². The van der Waals surface area contributed by atoms with Crippen molar-refractivity contribution < 1.29 is 9.53 Å². The zero-order chi connectivity index (χ0) is 16.5. The Morgan fingerprint density at radius 3 is 2.19 bits per heavy atom. The highest BCUT2D eigenvalue weighted by Gasteiger charge is 2.15. The molecule has 118 valence electrons. The number of hydrogen-bond donors (Lipinski definition) is 1. The van der Waals surface area contributed by atoms with Crippen molar-refractivity contribution >= 4 is 6.79 Å². The van der Waals surface area contributed by atoms with Crippen molar-refractivity contribution in [2.75, 3.05) is 7.05 Å². The second kappa shape index (κ2) is 16.3. The van der Waals surface area contributed by atoms with Crippen LogP contribution in [0, 0.1) is 12.3 Å². The lowest BCUT2D eigenvalue weighted by atomic mass is 9.98. The highest BCUT2D eigenvalue weighted by Crippen LogP contribution is 2.25. The van der Waals surface area contributed by atoms with E-state index in [1.807, 2.05) is 44.9 Å². The third-order valence-electron chi connectivity index (χ3n) is 2.89. The summed E-state index contributed by atoms with van der Waals surface area (Å²) in [5.41, 5.74) is 5.36. The van der Waals surface area contributed by atoms with Gasteiger partial charge in [-0.15, -0.1) is 6.42 Å². The molecule has 3 nitrogen and oxygen atoms in total. The second-order valence-corrected chi connectivity index (χ2v) is 4.02. The van der Waals surface area contributed by atoms with Gasteiger partial charge in [0.05, 0.1) is 11.7 Å². The first-order valence-electron chi connectivity index (χ1n) is 7.49. The van der Waals surface area contributed by atoms with Crippen molar-refractivity contribution in [1.82, 2.24) is 0 Å². The topological polar surface area (TPSA) is 52.3 Å². The molecule has 1 aromatic rings. The van der Waals surface area contributed by atoms with Gasteiger partial charge in [-0.25, -0.2) is 0 Å². The number of ether oxygens (including phenoxy) is 1. The molecule has 0 radical (unpaired) electrons. The van der Waals surface area contributed by atoms with Gasteiger partial charge in [-0.2, -0.15) is 0 Å². The fourth-order valence-electron chi connectivity index (χ4n) is 2.05. The van der Waals surface area contributed by atoms with Gasteiger partial charge in [-0.05, 0) is 44.9 Å². The highest BCUT2D eigenvalue weighted by molar-refractivity contribution is 5.44. The molecule has 1 saturated carbocycles. The van der Waals surface area contributed by atoms with Crippen LogP contribution in [-0.2, 0) is 4.79 Å². The van der Waals surface area contributed by atoms with Crippen LogP contribution in [0.3, 0.4) is 0 Å². The van der Waals surface area contributed by atoms with Crippen LogP contribution in [0.4, 0.5) is 0 Å². The summed E-state index contributed by atoms with van der Waals surface area (Å²) in [5.74, 6) is 3.53. The van der Waals surface area contributed by atoms with Crippen LogP contribution >= 0.6 is 0 Å². The molecule has 0 bridgehead atoms. The van der Waals surface area contributed by atoms with Gasteiger partial charge in [0.25, 0.3) is 0 Å². The van der Waals surface area contributed by atoms with Gasteiger partial charge in [0.15, 0.2) is 0 Å². The summed E-state index contributed by atoms with van der Waals surface area (Å²) >= 11 is 0. The summed E-state index contributed by atoms with van der Waals surface area (Å²) < 4.78 is 5.93. The van der Waals surface area contributed by atoms with Crippen LogP contribution < -0.4 is 10.5 Å². The van der Waals surface area contributed by atoms with E-state index in [2.05, 4.69) is 11.7 Å². The molecule has 0 atom stereocenters. The van der Waals surface area contributed by atoms with Crippen LogP contribution in [0.25, 0.3) is 0 Å². The molecular weight excluding hydrogens is 262 g/mol. The van der Waals surface area contributed by atoms with Crippen LogP contribution in [0.15, 0.2) is 24.3 Å². The monoisotopic (exact) mass is 291 g/mol. The molecule has 0 unspecified atom stereocenters. The smallest absolute Gasteiger partial charge is 0.135 e. The number of rotatable bonds is 2. The average Bonchev–Trinajstić information content (AvgIpc) is 2.62. The predicted molar refractivity (Wildman–Crippen MR) is 90.5 cm³/mol. The van der Waals surface area contributed by atoms with E-state index >= 15 is 0 Å². The molecule has 0 spiro atoms. The van der Waals surface area contributed by atoms with Crippen molar-refractivity contribution in [2.24, 2.45) is 5.73 Å². The molecule has 1 aliphatic rings. The molecule has 0 heterocycles. The lowest BCUT2D eigenvalue weighted by Gasteiger charge is -2.23. The zero-order valence-electron chi connectivity index (χ0n) is 13.6. The van der Waals surface area contributed by atoms with Crippen molar-refractivity contribution in [2.45, 2.75) is 52.1 Å². The van der Waals surface area contributed by atoms with E-state index in [1.165, 1.54) is 39.2 Å². The van der Waals surface area contributed by atoms with E-state index in [-0.39, 0.29) is 0 Å². The SMILES string of the molecule is C#Cc1ccccc1OC1CCCCC1.C=O.CC.CN. The maximum absolute atomic E-state index is 8.00. The summed E-state index contributed by atoms with van der Waals surface area (Å²) in [6, 6.07) is 7.81. The van der Waals surface area contributed by atoms with E-state index in [1.54, 1.807) is 0 Å². The number of para-hydroxylation sites is 1. The lowest BCUT2D eigenvalue weighted by molar-refractivity contribution is -0.0979. The Kier molecular flexibility index (Phi) is 16.7. The molecule has 2 N–H and O–H groups in total. The first kappa shape index (κ1) is 21.5. The molecule has 1 aromatic carbocycles. The fourth-order valence-corrected chi connectivity index (χ4v) is 2.05. The number of benzene rings is 1. The first-order chi connectivity index (χ1) is 10.4. The Bertz CT molecular complexity index is 379. The summed E-state index contributed by atoms with van der Waals surface area (Å²) in [6.07, 6.45) is 12.0. The molecule has 0 aliphatic heterocycles. The minimum atomic E-state index is 0.369. The highest BCUT2D eigenvalue weighted by atomic mass is 16.5. The van der Waals surface area contributed by atoms with Crippen molar-refractivity contribution in [3.05, 3.63) is 29.8 Å². The average molecular weight is 291 g/mol. The molecule has 1 fully saturated rings. The Labute approximate surface area is 129 Å². The summed E-state index contributed by atoms with van der Waals surface area (Å²) in [4.78, 5) is 8.00. The van der Waals surface area contributed by atoms with E-state index in [0.29, 0.717) is 6.10 Å². The molecule has 21 heavy (non-hydrogen) atoms. The van der Waals surface area contributed by atoms with Crippen LogP contribution in [0.2, 0.25) is 0 Å². The normalized spacial score (nSPS) is 12.9. The van der Waals surface area contributed by atoms with E-state index in [9.17, 15) is 0 Å². The Hall–Kier alpha value is -1.79. The Morgan fingerprint density at radius 1 is 1.14 bits per heavy atom. The maximum Gasteiger partial charge on any atom is 0.135 e. The third kappa shape index (κ3) is 8.88. The van der Waals surface area contributed by atoms with Crippen LogP contribution in [-0.4, -0.2) is 19.9 Å². The summed E-state index contributed by atoms with van der Waals surface area (Å²) in [7, 11) is 1.50. The van der Waals surface area contributed by atoms with E-state index in [0.717, 1.165) is 11.3 Å². The van der Waals surface area contributed by atoms with Crippen molar-refractivity contribution in [1.29, 1.82) is 0 Å². The maximum atomic E-state index is 8.00. The predicted octanol–water partition coefficient (Wildman–Crippen LogP) is 3.80. The molecule has 0 saturated heterocycles. The number of hydrogen-bond acceptors (Lipinski definition) is 3. The quantitative estimate of drug-likeness (QED) is 0.843. The van der Waals surface area contributed by atoms with Crippen molar-refractivity contribution in [3.8, 4) is 18.1 Å². The Balaban J connectivity index is 0. The number of nitrogens with two attached hydrogens (primary N) is 1. The largest absolute Gasteiger partial charge is 0.489 e. The number of carbonyl (C=O) groups excluding carboxylic acids is 1. The van der Waals surface area contributed by atoms with Crippen LogP contribution in [0.5, 0.6) is 5.75 Å². The Morgan fingerprint density at radius 2 is 1.67 bits per heavy atom. The van der Waals surface area contributed by atoms with Gasteiger partial charge in [0, 0.05) is 0 Å². The molecule has 2 rings (SSSR count). The van der Waals surface area contributed by atoms with Gasteiger partial charge in [0.1, 0.15) is 12.5 Å². The molecule has 0 aromatic heterocycles. The number of terminal acetylenes is 1. The van der Waals surface area contributed by atoms with Gasteiger partial charge in [0.2, 0.25) is 0 Å². The van der Waals surface area contributed by atoms with Gasteiger partial charge >= 0.3 is 0 Å². The minimum Gasteiger partial charge on any atom is -0.489 e. The molecule has 1 aliphatic carbocycles. The molecular formula is C18H29NO2. The van der Waals surface area contributed by atoms with Gasteiger partial charge < -0.3 is 15.3 Å². The molecule has 0 amide bonds. The first-order valence-corrected chi connectivity index (χ1v) is 7.49. The van der Waals surface area contributed by atoms with Crippen LogP contribution in [0.1, 0.15) is 51.5 Å². The number of carbonyl (C=O) groups is 1. The zero-order valence-corrected chi connectivity index (χ0v) is 13.6. The van der Waals surface area contributed by atoms with E-state index < -0.39 is 0 Å². The minimum absolute atomic E-state index is 0.369. The third-order valence-corrected chi connectivity index (χ3v) is 2.89.